The average Bonchev–Trinajstić information content (AvgIpc) is 3.01. The molecule has 0 saturated heterocycles. The van der Waals surface area contributed by atoms with Crippen LogP contribution in [-0.4, -0.2) is 28.9 Å². The zero-order chi connectivity index (χ0) is 16.4. The Bertz CT molecular complexity index is 708. The number of fused-ring (bicyclic) bond motifs is 1. The summed E-state index contributed by atoms with van der Waals surface area (Å²) in [5.74, 6) is -0.294. The molecule has 0 amide bonds. The standard InChI is InChI=1S/C17H18N2O2S2/c1-4-21-16(20)14-11(2)18-17-19(9-10-23-17)15(14)12-5-7-13(22-3)8-6-12/h5-10,15H,4H2,1-3H3/t15-/m1/s1. The van der Waals surface area contributed by atoms with Crippen LogP contribution in [-0.2, 0) is 9.53 Å². The van der Waals surface area contributed by atoms with Crippen LogP contribution in [0.15, 0.2) is 57.0 Å². The van der Waals surface area contributed by atoms with Gasteiger partial charge < -0.3 is 9.64 Å². The number of esters is 1. The minimum atomic E-state index is -0.294. The molecule has 2 aliphatic heterocycles. The van der Waals surface area contributed by atoms with E-state index in [9.17, 15) is 4.79 Å². The number of allylic oxidation sites excluding steroid dienone is 1. The van der Waals surface area contributed by atoms with Crippen LogP contribution in [0.2, 0.25) is 0 Å². The lowest BCUT2D eigenvalue weighted by atomic mass is 9.95. The Morgan fingerprint density at radius 3 is 2.78 bits per heavy atom. The van der Waals surface area contributed by atoms with Crippen molar-refractivity contribution in [2.45, 2.75) is 24.8 Å². The number of hydrogen-bond donors (Lipinski definition) is 0. The number of carbonyl (C=O) groups is 1. The second kappa shape index (κ2) is 6.84. The molecule has 0 fully saturated rings. The highest BCUT2D eigenvalue weighted by Crippen LogP contribution is 2.41. The summed E-state index contributed by atoms with van der Waals surface area (Å²) in [6.45, 7) is 4.05. The van der Waals surface area contributed by atoms with E-state index >= 15 is 0 Å². The number of amidine groups is 1. The van der Waals surface area contributed by atoms with Crippen LogP contribution in [0.1, 0.15) is 25.5 Å². The fourth-order valence-electron chi connectivity index (χ4n) is 2.68. The van der Waals surface area contributed by atoms with Gasteiger partial charge in [-0.2, -0.15) is 0 Å². The summed E-state index contributed by atoms with van der Waals surface area (Å²) in [5, 5.41) is 2.89. The highest BCUT2D eigenvalue weighted by atomic mass is 32.2. The van der Waals surface area contributed by atoms with Crippen molar-refractivity contribution >= 4 is 34.7 Å². The molecule has 0 N–H and O–H groups in total. The largest absolute Gasteiger partial charge is 0.463 e. The molecule has 120 valence electrons. The number of nitrogens with zero attached hydrogens (tertiary/aromatic N) is 2. The summed E-state index contributed by atoms with van der Waals surface area (Å²) in [7, 11) is 0. The van der Waals surface area contributed by atoms with E-state index < -0.39 is 0 Å². The molecule has 0 radical (unpaired) electrons. The molecule has 0 unspecified atom stereocenters. The zero-order valence-electron chi connectivity index (χ0n) is 13.3. The summed E-state index contributed by atoms with van der Waals surface area (Å²) in [5.41, 5.74) is 2.40. The monoisotopic (exact) mass is 346 g/mol. The van der Waals surface area contributed by atoms with E-state index in [0.29, 0.717) is 12.2 Å². The molecular formula is C17H18N2O2S2. The molecule has 0 bridgehead atoms. The summed E-state index contributed by atoms with van der Waals surface area (Å²) >= 11 is 3.27. The van der Waals surface area contributed by atoms with Crippen molar-refractivity contribution in [3.8, 4) is 0 Å². The molecule has 2 aliphatic rings. The Morgan fingerprint density at radius 2 is 2.13 bits per heavy atom. The number of ether oxygens (including phenoxy) is 1. The molecule has 0 saturated carbocycles. The quantitative estimate of drug-likeness (QED) is 0.604. The predicted octanol–water partition coefficient (Wildman–Crippen LogP) is 4.18. The van der Waals surface area contributed by atoms with Gasteiger partial charge in [-0.3, -0.25) is 0 Å². The molecule has 2 heterocycles. The summed E-state index contributed by atoms with van der Waals surface area (Å²) in [4.78, 5) is 20.3. The van der Waals surface area contributed by atoms with Crippen LogP contribution < -0.4 is 0 Å². The molecule has 1 atom stereocenters. The fraction of sp³-hybridized carbons (Fsp3) is 0.294. The predicted molar refractivity (Wildman–Crippen MR) is 96.3 cm³/mol. The Hall–Kier alpha value is -1.66. The van der Waals surface area contributed by atoms with Crippen molar-refractivity contribution in [2.75, 3.05) is 12.9 Å². The number of hydrogen-bond acceptors (Lipinski definition) is 6. The van der Waals surface area contributed by atoms with Gasteiger partial charge in [0.05, 0.1) is 23.9 Å². The molecule has 0 aliphatic carbocycles. The lowest BCUT2D eigenvalue weighted by Gasteiger charge is -2.33. The maximum atomic E-state index is 12.5. The molecule has 0 spiro atoms. The van der Waals surface area contributed by atoms with Gasteiger partial charge in [-0.15, -0.1) is 11.8 Å². The van der Waals surface area contributed by atoms with Gasteiger partial charge in [0.25, 0.3) is 0 Å². The number of thioether (sulfide) groups is 2. The Morgan fingerprint density at radius 1 is 1.39 bits per heavy atom. The van der Waals surface area contributed by atoms with E-state index in [1.807, 2.05) is 36.6 Å². The molecular weight excluding hydrogens is 328 g/mol. The van der Waals surface area contributed by atoms with Crippen LogP contribution in [0.5, 0.6) is 0 Å². The maximum Gasteiger partial charge on any atom is 0.338 e. The van der Waals surface area contributed by atoms with Gasteiger partial charge in [0.2, 0.25) is 0 Å². The third-order valence-electron chi connectivity index (χ3n) is 3.75. The molecule has 1 aromatic rings. The Labute approximate surface area is 144 Å². The molecule has 3 rings (SSSR count). The van der Waals surface area contributed by atoms with Crippen LogP contribution in [0.4, 0.5) is 0 Å². The first-order valence-corrected chi connectivity index (χ1v) is 9.48. The minimum Gasteiger partial charge on any atom is -0.463 e. The first-order chi connectivity index (χ1) is 11.2. The van der Waals surface area contributed by atoms with Gasteiger partial charge in [0.15, 0.2) is 5.17 Å². The second-order valence-electron chi connectivity index (χ2n) is 5.10. The van der Waals surface area contributed by atoms with Crippen LogP contribution in [0.3, 0.4) is 0 Å². The van der Waals surface area contributed by atoms with E-state index in [0.717, 1.165) is 16.4 Å². The molecule has 0 aromatic heterocycles. The minimum absolute atomic E-state index is 0.191. The molecule has 23 heavy (non-hydrogen) atoms. The fourth-order valence-corrected chi connectivity index (χ4v) is 3.88. The maximum absolute atomic E-state index is 12.5. The van der Waals surface area contributed by atoms with Crippen LogP contribution in [0.25, 0.3) is 0 Å². The Kier molecular flexibility index (Phi) is 4.82. The highest BCUT2D eigenvalue weighted by Gasteiger charge is 2.37. The number of rotatable bonds is 4. The lowest BCUT2D eigenvalue weighted by molar-refractivity contribution is -0.139. The van der Waals surface area contributed by atoms with Crippen molar-refractivity contribution < 1.29 is 9.53 Å². The number of aliphatic imine (C=N–C) groups is 1. The van der Waals surface area contributed by atoms with Gasteiger partial charge in [-0.1, -0.05) is 23.9 Å². The zero-order valence-corrected chi connectivity index (χ0v) is 14.9. The van der Waals surface area contributed by atoms with E-state index in [4.69, 9.17) is 4.74 Å². The van der Waals surface area contributed by atoms with Crippen molar-refractivity contribution in [3.63, 3.8) is 0 Å². The second-order valence-corrected chi connectivity index (χ2v) is 6.85. The van der Waals surface area contributed by atoms with Gasteiger partial charge in [-0.05, 0) is 43.2 Å². The summed E-state index contributed by atoms with van der Waals surface area (Å²) in [6, 6.07) is 8.11. The van der Waals surface area contributed by atoms with Gasteiger partial charge in [0.1, 0.15) is 0 Å². The third-order valence-corrected chi connectivity index (χ3v) is 5.26. The topological polar surface area (TPSA) is 41.9 Å². The normalized spacial score (nSPS) is 19.7. The summed E-state index contributed by atoms with van der Waals surface area (Å²) < 4.78 is 5.27. The molecule has 6 heteroatoms. The Balaban J connectivity index is 2.06. The van der Waals surface area contributed by atoms with Gasteiger partial charge in [0, 0.05) is 11.1 Å². The van der Waals surface area contributed by atoms with Crippen molar-refractivity contribution in [1.29, 1.82) is 0 Å². The number of carbonyl (C=O) groups excluding carboxylic acids is 1. The molecule has 1 aromatic carbocycles. The summed E-state index contributed by atoms with van der Waals surface area (Å²) in [6.07, 6.45) is 4.02. The first-order valence-electron chi connectivity index (χ1n) is 7.38. The van der Waals surface area contributed by atoms with Crippen molar-refractivity contribution in [1.82, 2.24) is 4.90 Å². The third kappa shape index (κ3) is 3.05. The van der Waals surface area contributed by atoms with Crippen LogP contribution in [0, 0.1) is 0 Å². The average molecular weight is 346 g/mol. The smallest absolute Gasteiger partial charge is 0.338 e. The van der Waals surface area contributed by atoms with E-state index in [2.05, 4.69) is 29.3 Å². The first kappa shape index (κ1) is 16.2. The van der Waals surface area contributed by atoms with E-state index in [-0.39, 0.29) is 12.0 Å². The van der Waals surface area contributed by atoms with E-state index in [1.165, 1.54) is 4.90 Å². The van der Waals surface area contributed by atoms with Gasteiger partial charge >= 0.3 is 5.97 Å². The van der Waals surface area contributed by atoms with E-state index in [1.54, 1.807) is 23.5 Å². The highest BCUT2D eigenvalue weighted by molar-refractivity contribution is 8.16. The number of benzene rings is 1. The lowest BCUT2D eigenvalue weighted by Crippen LogP contribution is -2.34. The SMILES string of the molecule is CCOC(=O)C1=C(C)N=C2SC=CN2[C@@H]1c1ccc(SC)cc1. The van der Waals surface area contributed by atoms with Crippen molar-refractivity contribution in [2.24, 2.45) is 4.99 Å². The van der Waals surface area contributed by atoms with Crippen LogP contribution >= 0.6 is 23.5 Å². The molecule has 4 nitrogen and oxygen atoms in total. The van der Waals surface area contributed by atoms with Crippen molar-refractivity contribution in [3.05, 3.63) is 52.7 Å². The van der Waals surface area contributed by atoms with Gasteiger partial charge in [-0.25, -0.2) is 9.79 Å².